The van der Waals surface area contributed by atoms with Gasteiger partial charge < -0.3 is 0 Å². The highest BCUT2D eigenvalue weighted by molar-refractivity contribution is 7.27. The Balaban J connectivity index is 2.93. The Hall–Kier alpha value is -0.550. The minimum atomic E-state index is -0.935. The molecule has 0 aliphatic rings. The molecule has 0 aliphatic carbocycles. The summed E-state index contributed by atoms with van der Waals surface area (Å²) in [6.45, 7) is 1.55. The molecule has 0 amide bonds. The predicted molar refractivity (Wildman–Crippen MR) is 44.3 cm³/mol. The smallest absolute Gasteiger partial charge is 0.204 e. The van der Waals surface area contributed by atoms with E-state index in [1.165, 1.54) is 0 Å². The van der Waals surface area contributed by atoms with Crippen LogP contribution in [-0.4, -0.2) is 0 Å². The molecule has 2 heterocycles. The van der Waals surface area contributed by atoms with Crippen LogP contribution in [0.3, 0.4) is 0 Å². The lowest BCUT2D eigenvalue weighted by molar-refractivity contribution is 0.539. The molecule has 0 aliphatic heterocycles. The van der Waals surface area contributed by atoms with Gasteiger partial charge in [-0.25, -0.2) is 8.78 Å². The first kappa shape index (κ1) is 8.07. The zero-order valence-electron chi connectivity index (χ0n) is 5.95. The first-order valence-electron chi connectivity index (χ1n) is 3.13. The number of hydrogen-bond donors (Lipinski definition) is 0. The summed E-state index contributed by atoms with van der Waals surface area (Å²) in [6.07, 6.45) is 0. The fraction of sp³-hybridized carbons (Fsp3) is 0.143. The third-order valence-electron chi connectivity index (χ3n) is 1.53. The maximum atomic E-state index is 13.0. The van der Waals surface area contributed by atoms with Crippen LogP contribution in [0.2, 0.25) is 0 Å². The van der Waals surface area contributed by atoms with E-state index < -0.39 is 16.8 Å². The molecule has 2 aromatic heterocycles. The molecule has 5 heteroatoms. The van der Waals surface area contributed by atoms with Crippen molar-refractivity contribution in [2.75, 3.05) is 0 Å². The first-order valence-corrected chi connectivity index (χ1v) is 4.77. The molecule has 2 rings (SSSR count). The Labute approximate surface area is 74.3 Å². The molecule has 0 nitrogen and oxygen atoms in total. The van der Waals surface area contributed by atoms with Gasteiger partial charge in [-0.1, -0.05) is 11.3 Å². The third kappa shape index (κ3) is 0.895. The van der Waals surface area contributed by atoms with E-state index >= 15 is 0 Å². The second-order valence-electron chi connectivity index (χ2n) is 2.32. The SMILES string of the molecule is Cc1sc2c(F)c(F)sc2c1F. The van der Waals surface area contributed by atoms with Gasteiger partial charge in [0.2, 0.25) is 5.13 Å². The van der Waals surface area contributed by atoms with Crippen molar-refractivity contribution in [3.8, 4) is 0 Å². The van der Waals surface area contributed by atoms with E-state index in [1.807, 2.05) is 0 Å². The van der Waals surface area contributed by atoms with Gasteiger partial charge in [0.25, 0.3) is 0 Å². The zero-order chi connectivity index (χ0) is 8.88. The van der Waals surface area contributed by atoms with Gasteiger partial charge in [-0.05, 0) is 6.92 Å². The van der Waals surface area contributed by atoms with Crippen LogP contribution in [0.5, 0.6) is 0 Å². The van der Waals surface area contributed by atoms with Crippen LogP contribution in [0, 0.1) is 23.7 Å². The van der Waals surface area contributed by atoms with E-state index in [1.54, 1.807) is 6.92 Å². The summed E-state index contributed by atoms with van der Waals surface area (Å²) in [7, 11) is 0. The molecule has 12 heavy (non-hydrogen) atoms. The Morgan fingerprint density at radius 3 is 2.08 bits per heavy atom. The van der Waals surface area contributed by atoms with Gasteiger partial charge in [0.1, 0.15) is 0 Å². The van der Waals surface area contributed by atoms with E-state index in [4.69, 9.17) is 0 Å². The fourth-order valence-electron chi connectivity index (χ4n) is 0.963. The number of rotatable bonds is 0. The van der Waals surface area contributed by atoms with Gasteiger partial charge in [-0.2, -0.15) is 4.39 Å². The highest BCUT2D eigenvalue weighted by Crippen LogP contribution is 2.37. The number of hydrogen-bond acceptors (Lipinski definition) is 2. The molecule has 0 N–H and O–H groups in total. The van der Waals surface area contributed by atoms with Crippen LogP contribution in [0.1, 0.15) is 4.88 Å². The van der Waals surface area contributed by atoms with Crippen molar-refractivity contribution in [3.63, 3.8) is 0 Å². The summed E-state index contributed by atoms with van der Waals surface area (Å²) < 4.78 is 38.6. The number of halogens is 3. The summed E-state index contributed by atoms with van der Waals surface area (Å²) >= 11 is 1.47. The van der Waals surface area contributed by atoms with E-state index in [0.29, 0.717) is 16.2 Å². The highest BCUT2D eigenvalue weighted by atomic mass is 32.1. The van der Waals surface area contributed by atoms with Crippen molar-refractivity contribution in [1.29, 1.82) is 0 Å². The molecule has 0 unspecified atom stereocenters. The lowest BCUT2D eigenvalue weighted by Crippen LogP contribution is -1.67. The van der Waals surface area contributed by atoms with Crippen molar-refractivity contribution in [2.24, 2.45) is 0 Å². The zero-order valence-corrected chi connectivity index (χ0v) is 7.58. The maximum absolute atomic E-state index is 13.0. The molecular formula is C7H3F3S2. The van der Waals surface area contributed by atoms with Crippen molar-refractivity contribution in [2.45, 2.75) is 6.92 Å². The van der Waals surface area contributed by atoms with Crippen LogP contribution in [0.25, 0.3) is 9.40 Å². The monoisotopic (exact) mass is 208 g/mol. The van der Waals surface area contributed by atoms with Gasteiger partial charge in [-0.3, -0.25) is 0 Å². The minimum Gasteiger partial charge on any atom is -0.204 e. The van der Waals surface area contributed by atoms with Crippen LogP contribution in [0.15, 0.2) is 0 Å². The van der Waals surface area contributed by atoms with Crippen molar-refractivity contribution in [3.05, 3.63) is 21.6 Å². The molecule has 0 fully saturated rings. The van der Waals surface area contributed by atoms with Gasteiger partial charge in [0, 0.05) is 4.88 Å². The topological polar surface area (TPSA) is 0 Å². The lowest BCUT2D eigenvalue weighted by Gasteiger charge is -1.80. The average molecular weight is 208 g/mol. The number of fused-ring (bicyclic) bond motifs is 1. The molecule has 64 valence electrons. The van der Waals surface area contributed by atoms with Crippen molar-refractivity contribution >= 4 is 32.1 Å². The molecule has 0 spiro atoms. The maximum Gasteiger partial charge on any atom is 0.214 e. The van der Waals surface area contributed by atoms with Crippen LogP contribution in [0.4, 0.5) is 13.2 Å². The summed E-state index contributed by atoms with van der Waals surface area (Å²) in [4.78, 5) is 0.398. The largest absolute Gasteiger partial charge is 0.214 e. The standard InChI is InChI=1S/C7H3F3S2/c1-2-3(8)5-6(11-2)4(9)7(10)12-5/h1H3. The van der Waals surface area contributed by atoms with Crippen molar-refractivity contribution in [1.82, 2.24) is 0 Å². The van der Waals surface area contributed by atoms with Crippen LogP contribution in [-0.2, 0) is 0 Å². The molecule has 0 saturated heterocycles. The quantitative estimate of drug-likeness (QED) is 0.619. The molecule has 0 saturated carbocycles. The Morgan fingerprint density at radius 1 is 0.917 bits per heavy atom. The fourth-order valence-corrected chi connectivity index (χ4v) is 3.00. The Morgan fingerprint density at radius 2 is 1.50 bits per heavy atom. The molecule has 0 aromatic carbocycles. The van der Waals surface area contributed by atoms with E-state index in [0.717, 1.165) is 11.3 Å². The van der Waals surface area contributed by atoms with E-state index in [-0.39, 0.29) is 9.40 Å². The molecule has 2 aromatic rings. The molecule has 0 radical (unpaired) electrons. The van der Waals surface area contributed by atoms with Gasteiger partial charge in [0.05, 0.1) is 9.40 Å². The third-order valence-corrected chi connectivity index (χ3v) is 3.68. The second-order valence-corrected chi connectivity index (χ2v) is 4.52. The molecule has 0 bridgehead atoms. The number of thiophene rings is 2. The van der Waals surface area contributed by atoms with E-state index in [2.05, 4.69) is 0 Å². The van der Waals surface area contributed by atoms with Gasteiger partial charge >= 0.3 is 0 Å². The minimum absolute atomic E-state index is 0.0903. The Bertz CT molecular complexity index is 399. The van der Waals surface area contributed by atoms with Crippen molar-refractivity contribution < 1.29 is 13.2 Å². The Kier molecular flexibility index (Phi) is 1.66. The van der Waals surface area contributed by atoms with E-state index in [9.17, 15) is 13.2 Å². The normalized spacial score (nSPS) is 11.3. The van der Waals surface area contributed by atoms with Gasteiger partial charge in [-0.15, -0.1) is 11.3 Å². The second kappa shape index (κ2) is 2.47. The summed E-state index contributed by atoms with van der Waals surface area (Å²) in [6, 6.07) is 0. The number of aryl methyl sites for hydroxylation is 1. The summed E-state index contributed by atoms with van der Waals surface area (Å²) in [5, 5.41) is -0.935. The molecule has 0 atom stereocenters. The average Bonchev–Trinajstić information content (AvgIpc) is 2.43. The summed E-state index contributed by atoms with van der Waals surface area (Å²) in [5.41, 5.74) is 0. The predicted octanol–water partition coefficient (Wildman–Crippen LogP) is 3.69. The van der Waals surface area contributed by atoms with Crippen LogP contribution >= 0.6 is 22.7 Å². The summed E-state index contributed by atoms with van der Waals surface area (Å²) in [5.74, 6) is -1.42. The lowest BCUT2D eigenvalue weighted by atomic mass is 10.4. The molecular weight excluding hydrogens is 205 g/mol. The first-order chi connectivity index (χ1) is 5.61. The van der Waals surface area contributed by atoms with Gasteiger partial charge in [0.15, 0.2) is 11.6 Å². The highest BCUT2D eigenvalue weighted by Gasteiger charge is 2.19. The van der Waals surface area contributed by atoms with Crippen LogP contribution < -0.4 is 0 Å².